The fourth-order valence-electron chi connectivity index (χ4n) is 3.92. The summed E-state index contributed by atoms with van der Waals surface area (Å²) in [6.45, 7) is 4.98. The Hall–Kier alpha value is -1.75. The summed E-state index contributed by atoms with van der Waals surface area (Å²) >= 11 is 0. The number of urea groups is 1. The summed E-state index contributed by atoms with van der Waals surface area (Å²) in [5.74, 6) is 1.15. The van der Waals surface area contributed by atoms with Gasteiger partial charge in [-0.3, -0.25) is 0 Å². The van der Waals surface area contributed by atoms with E-state index in [9.17, 15) is 9.90 Å². The first kappa shape index (κ1) is 19.6. The smallest absolute Gasteiger partial charge is 0.314 e. The number of nitrogens with one attached hydrogen (secondary N) is 2. The van der Waals surface area contributed by atoms with Crippen LogP contribution in [-0.2, 0) is 5.41 Å². The Balaban J connectivity index is 1.95. The molecule has 0 spiro atoms. The van der Waals surface area contributed by atoms with Crippen LogP contribution in [0.3, 0.4) is 0 Å². The molecule has 2 unspecified atom stereocenters. The van der Waals surface area contributed by atoms with Crippen LogP contribution in [0.15, 0.2) is 24.3 Å². The Bertz CT molecular complexity index is 554. The van der Waals surface area contributed by atoms with Gasteiger partial charge in [0.25, 0.3) is 0 Å². The molecule has 0 radical (unpaired) electrons. The number of hydrogen-bond donors (Lipinski definition) is 3. The number of rotatable bonds is 8. The maximum absolute atomic E-state index is 12.2. The molecule has 2 atom stereocenters. The van der Waals surface area contributed by atoms with Crippen molar-refractivity contribution in [2.75, 3.05) is 20.2 Å². The highest BCUT2D eigenvalue weighted by molar-refractivity contribution is 5.74. The number of methoxy groups -OCH3 is 1. The molecule has 1 saturated carbocycles. The third-order valence-electron chi connectivity index (χ3n) is 5.18. The zero-order valence-electron chi connectivity index (χ0n) is 15.7. The third kappa shape index (κ3) is 5.36. The summed E-state index contributed by atoms with van der Waals surface area (Å²) in [5, 5.41) is 15.4. The molecule has 140 valence electrons. The van der Waals surface area contributed by atoms with E-state index in [0.29, 0.717) is 19.5 Å². The minimum Gasteiger partial charge on any atom is -0.496 e. The van der Waals surface area contributed by atoms with Gasteiger partial charge >= 0.3 is 6.03 Å². The predicted molar refractivity (Wildman–Crippen MR) is 100 cm³/mol. The van der Waals surface area contributed by atoms with Crippen molar-refractivity contribution in [3.63, 3.8) is 0 Å². The van der Waals surface area contributed by atoms with Gasteiger partial charge in [-0.1, -0.05) is 38.0 Å². The van der Waals surface area contributed by atoms with Gasteiger partial charge < -0.3 is 20.5 Å². The molecule has 5 heteroatoms. The normalized spacial score (nSPS) is 18.4. The lowest BCUT2D eigenvalue weighted by Crippen LogP contribution is -2.44. The number of aliphatic hydroxyl groups excluding tert-OH is 1. The first-order valence-electron chi connectivity index (χ1n) is 9.30. The summed E-state index contributed by atoms with van der Waals surface area (Å²) in [4.78, 5) is 12.2. The highest BCUT2D eigenvalue weighted by Gasteiger charge is 2.38. The number of amides is 2. The molecule has 2 rings (SSSR count). The lowest BCUT2D eigenvalue weighted by Gasteiger charge is -2.31. The second-order valence-electron chi connectivity index (χ2n) is 7.44. The number of aliphatic hydroxyl groups is 1. The van der Waals surface area contributed by atoms with Crippen molar-refractivity contribution in [3.8, 4) is 5.75 Å². The minimum absolute atomic E-state index is 0.0465. The maximum atomic E-state index is 12.2. The van der Waals surface area contributed by atoms with Gasteiger partial charge in [-0.05, 0) is 38.2 Å². The van der Waals surface area contributed by atoms with Gasteiger partial charge in [0, 0.05) is 24.1 Å². The van der Waals surface area contributed by atoms with E-state index < -0.39 is 0 Å². The van der Waals surface area contributed by atoms with Crippen LogP contribution in [0.2, 0.25) is 0 Å². The molecule has 1 fully saturated rings. The van der Waals surface area contributed by atoms with Crippen molar-refractivity contribution in [1.29, 1.82) is 0 Å². The first-order chi connectivity index (χ1) is 12.0. The van der Waals surface area contributed by atoms with Crippen LogP contribution in [0, 0.1) is 5.92 Å². The molecule has 1 aliphatic carbocycles. The first-order valence-corrected chi connectivity index (χ1v) is 9.30. The van der Waals surface area contributed by atoms with Crippen molar-refractivity contribution in [1.82, 2.24) is 10.6 Å². The quantitative estimate of drug-likeness (QED) is 0.675. The molecule has 0 aliphatic heterocycles. The SMILES string of the molecule is COc1ccccc1C1(CNC(=O)NCC(C)CC(C)O)CCCC1. The molecule has 1 aliphatic rings. The van der Waals surface area contributed by atoms with Gasteiger partial charge in [-0.25, -0.2) is 4.79 Å². The average Bonchev–Trinajstić information content (AvgIpc) is 3.07. The van der Waals surface area contributed by atoms with E-state index in [0.717, 1.165) is 18.6 Å². The fraction of sp³-hybridized carbons (Fsp3) is 0.650. The molecule has 0 heterocycles. The standard InChI is InChI=1S/C20H32N2O3/c1-15(12-16(2)23)13-21-19(24)22-14-20(10-6-7-11-20)17-8-4-5-9-18(17)25-3/h4-5,8-9,15-16,23H,6-7,10-14H2,1-3H3,(H2,21,22,24). The summed E-state index contributed by atoms with van der Waals surface area (Å²) < 4.78 is 5.55. The van der Waals surface area contributed by atoms with E-state index in [1.54, 1.807) is 14.0 Å². The highest BCUT2D eigenvalue weighted by atomic mass is 16.5. The van der Waals surface area contributed by atoms with Crippen molar-refractivity contribution in [3.05, 3.63) is 29.8 Å². The van der Waals surface area contributed by atoms with Crippen molar-refractivity contribution in [2.45, 2.75) is 57.5 Å². The van der Waals surface area contributed by atoms with E-state index in [1.165, 1.54) is 18.4 Å². The molecule has 25 heavy (non-hydrogen) atoms. The molecule has 0 aromatic heterocycles. The topological polar surface area (TPSA) is 70.6 Å². The van der Waals surface area contributed by atoms with Crippen LogP contribution in [0.4, 0.5) is 4.79 Å². The van der Waals surface area contributed by atoms with Gasteiger partial charge in [0.05, 0.1) is 13.2 Å². The fourth-order valence-corrected chi connectivity index (χ4v) is 3.92. The monoisotopic (exact) mass is 348 g/mol. The zero-order chi connectivity index (χ0) is 18.3. The number of carbonyl (C=O) groups is 1. The number of ether oxygens (including phenoxy) is 1. The minimum atomic E-state index is -0.341. The Morgan fingerprint density at radius 1 is 1.24 bits per heavy atom. The van der Waals surface area contributed by atoms with Gasteiger partial charge in [-0.15, -0.1) is 0 Å². The second kappa shape index (κ2) is 9.09. The Kier molecular flexibility index (Phi) is 7.12. The Labute approximate surface area is 151 Å². The number of hydrogen-bond acceptors (Lipinski definition) is 3. The maximum Gasteiger partial charge on any atom is 0.314 e. The van der Waals surface area contributed by atoms with Crippen LogP contribution in [0.5, 0.6) is 5.75 Å². The molecular formula is C20H32N2O3. The van der Waals surface area contributed by atoms with Crippen molar-refractivity contribution >= 4 is 6.03 Å². The predicted octanol–water partition coefficient (Wildman–Crippen LogP) is 3.21. The third-order valence-corrected chi connectivity index (χ3v) is 5.18. The van der Waals surface area contributed by atoms with E-state index in [4.69, 9.17) is 4.74 Å². The van der Waals surface area contributed by atoms with Crippen LogP contribution < -0.4 is 15.4 Å². The Morgan fingerprint density at radius 2 is 1.92 bits per heavy atom. The average molecular weight is 348 g/mol. The lowest BCUT2D eigenvalue weighted by molar-refractivity contribution is 0.163. The summed E-state index contributed by atoms with van der Waals surface area (Å²) in [5.41, 5.74) is 1.15. The van der Waals surface area contributed by atoms with Gasteiger partial charge in [-0.2, -0.15) is 0 Å². The van der Waals surface area contributed by atoms with Gasteiger partial charge in [0.1, 0.15) is 5.75 Å². The highest BCUT2D eigenvalue weighted by Crippen LogP contribution is 2.44. The van der Waals surface area contributed by atoms with E-state index >= 15 is 0 Å². The van der Waals surface area contributed by atoms with Gasteiger partial charge in [0.15, 0.2) is 0 Å². The van der Waals surface area contributed by atoms with E-state index in [1.807, 2.05) is 25.1 Å². The number of benzene rings is 1. The molecule has 1 aromatic rings. The van der Waals surface area contributed by atoms with Crippen LogP contribution in [0.25, 0.3) is 0 Å². The Morgan fingerprint density at radius 3 is 2.56 bits per heavy atom. The molecule has 0 bridgehead atoms. The molecule has 2 amide bonds. The van der Waals surface area contributed by atoms with Crippen LogP contribution in [0.1, 0.15) is 51.5 Å². The van der Waals surface area contributed by atoms with Crippen LogP contribution >= 0.6 is 0 Å². The summed E-state index contributed by atoms with van der Waals surface area (Å²) in [6, 6.07) is 7.99. The van der Waals surface area contributed by atoms with E-state index in [-0.39, 0.29) is 23.5 Å². The number of para-hydroxylation sites is 1. The van der Waals surface area contributed by atoms with Crippen molar-refractivity contribution in [2.24, 2.45) is 5.92 Å². The van der Waals surface area contributed by atoms with Crippen molar-refractivity contribution < 1.29 is 14.6 Å². The summed E-state index contributed by atoms with van der Waals surface area (Å²) in [6.07, 6.45) is 4.82. The molecule has 1 aromatic carbocycles. The zero-order valence-corrected chi connectivity index (χ0v) is 15.7. The second-order valence-corrected chi connectivity index (χ2v) is 7.44. The van der Waals surface area contributed by atoms with E-state index in [2.05, 4.69) is 16.7 Å². The van der Waals surface area contributed by atoms with Crippen LogP contribution in [-0.4, -0.2) is 37.4 Å². The molecule has 0 saturated heterocycles. The molecular weight excluding hydrogens is 316 g/mol. The van der Waals surface area contributed by atoms with Gasteiger partial charge in [0.2, 0.25) is 0 Å². The largest absolute Gasteiger partial charge is 0.496 e. The molecule has 3 N–H and O–H groups in total. The molecule has 5 nitrogen and oxygen atoms in total. The number of carbonyl (C=O) groups excluding carboxylic acids is 1. The lowest BCUT2D eigenvalue weighted by atomic mass is 9.78. The summed E-state index contributed by atoms with van der Waals surface area (Å²) in [7, 11) is 1.70.